The summed E-state index contributed by atoms with van der Waals surface area (Å²) in [6, 6.07) is 2.76. The molecule has 1 rings (SSSR count). The maximum Gasteiger partial charge on any atom is 0.340 e. The zero-order valence-electron chi connectivity index (χ0n) is 13.7. The number of benzene rings is 1. The van der Waals surface area contributed by atoms with Crippen molar-refractivity contribution in [2.24, 2.45) is 0 Å². The lowest BCUT2D eigenvalue weighted by Gasteiger charge is -2.10. The first-order valence-electron chi connectivity index (χ1n) is 8.30. The van der Waals surface area contributed by atoms with Crippen LogP contribution in [0.1, 0.15) is 84.6 Å². The van der Waals surface area contributed by atoms with E-state index in [1.165, 1.54) is 44.2 Å². The van der Waals surface area contributed by atoms with Gasteiger partial charge < -0.3 is 15.3 Å². The lowest BCUT2D eigenvalue weighted by atomic mass is 9.98. The van der Waals surface area contributed by atoms with Gasteiger partial charge in [0, 0.05) is 0 Å². The van der Waals surface area contributed by atoms with Gasteiger partial charge in [0.1, 0.15) is 11.3 Å². The molecule has 0 aromatic heterocycles. The van der Waals surface area contributed by atoms with Gasteiger partial charge in [-0.1, -0.05) is 57.9 Å². The van der Waals surface area contributed by atoms with E-state index < -0.39 is 23.3 Å². The first-order valence-corrected chi connectivity index (χ1v) is 8.30. The summed E-state index contributed by atoms with van der Waals surface area (Å²) in [7, 11) is 0. The maximum atomic E-state index is 11.2. The quantitative estimate of drug-likeness (QED) is 0.522. The van der Waals surface area contributed by atoms with Crippen molar-refractivity contribution in [1.29, 1.82) is 0 Å². The molecular weight excluding hydrogens is 296 g/mol. The largest absolute Gasteiger partial charge is 0.507 e. The van der Waals surface area contributed by atoms with Crippen LogP contribution in [-0.4, -0.2) is 27.3 Å². The van der Waals surface area contributed by atoms with Crippen LogP contribution in [0.3, 0.4) is 0 Å². The fourth-order valence-corrected chi connectivity index (χ4v) is 2.68. The van der Waals surface area contributed by atoms with Gasteiger partial charge in [-0.3, -0.25) is 0 Å². The molecule has 0 aliphatic heterocycles. The molecule has 0 saturated carbocycles. The minimum atomic E-state index is -1.42. The number of carbonyl (C=O) groups is 2. The van der Waals surface area contributed by atoms with E-state index in [0.29, 0.717) is 12.0 Å². The van der Waals surface area contributed by atoms with E-state index in [9.17, 15) is 14.7 Å². The van der Waals surface area contributed by atoms with Crippen LogP contribution >= 0.6 is 0 Å². The van der Waals surface area contributed by atoms with E-state index in [1.54, 1.807) is 0 Å². The zero-order valence-corrected chi connectivity index (χ0v) is 13.7. The minimum absolute atomic E-state index is 0.380. The van der Waals surface area contributed by atoms with E-state index in [4.69, 9.17) is 10.2 Å². The Labute approximate surface area is 137 Å². The fourth-order valence-electron chi connectivity index (χ4n) is 2.68. The Morgan fingerprint density at radius 2 is 1.43 bits per heavy atom. The van der Waals surface area contributed by atoms with Gasteiger partial charge in [-0.05, 0) is 24.5 Å². The third kappa shape index (κ3) is 5.93. The number of phenols is 1. The molecule has 0 bridgehead atoms. The number of carboxylic acid groups (broad SMARTS) is 2. The molecule has 0 aliphatic carbocycles. The lowest BCUT2D eigenvalue weighted by Crippen LogP contribution is -2.09. The van der Waals surface area contributed by atoms with Crippen LogP contribution in [0.25, 0.3) is 0 Å². The van der Waals surface area contributed by atoms with Gasteiger partial charge in [0.25, 0.3) is 0 Å². The Balaban J connectivity index is 2.53. The van der Waals surface area contributed by atoms with Crippen LogP contribution in [0, 0.1) is 0 Å². The van der Waals surface area contributed by atoms with Crippen LogP contribution in [0.4, 0.5) is 0 Å². The Hall–Kier alpha value is -2.04. The van der Waals surface area contributed by atoms with Gasteiger partial charge in [0.2, 0.25) is 0 Å². The van der Waals surface area contributed by atoms with Crippen LogP contribution in [-0.2, 0) is 6.42 Å². The molecule has 0 fully saturated rings. The highest BCUT2D eigenvalue weighted by molar-refractivity contribution is 6.04. The van der Waals surface area contributed by atoms with Crippen molar-refractivity contribution in [3.05, 3.63) is 28.8 Å². The Morgan fingerprint density at radius 1 is 0.870 bits per heavy atom. The smallest absolute Gasteiger partial charge is 0.340 e. The van der Waals surface area contributed by atoms with Crippen molar-refractivity contribution >= 4 is 11.9 Å². The number of hydrogen-bond donors (Lipinski definition) is 3. The predicted molar refractivity (Wildman–Crippen MR) is 88.3 cm³/mol. The van der Waals surface area contributed by atoms with E-state index in [0.717, 1.165) is 19.3 Å². The van der Waals surface area contributed by atoms with Gasteiger partial charge in [-0.25, -0.2) is 9.59 Å². The fraction of sp³-hybridized carbons (Fsp3) is 0.556. The molecule has 5 heteroatoms. The third-order valence-corrected chi connectivity index (χ3v) is 4.01. The Bertz CT molecular complexity index is 536. The van der Waals surface area contributed by atoms with Crippen molar-refractivity contribution in [3.8, 4) is 5.75 Å². The van der Waals surface area contributed by atoms with Crippen molar-refractivity contribution in [2.45, 2.75) is 64.7 Å². The predicted octanol–water partition coefficient (Wildman–Crippen LogP) is 4.47. The van der Waals surface area contributed by atoms with E-state index in [-0.39, 0.29) is 5.56 Å². The molecule has 3 N–H and O–H groups in total. The number of carboxylic acids is 2. The van der Waals surface area contributed by atoms with Gasteiger partial charge in [-0.15, -0.1) is 0 Å². The minimum Gasteiger partial charge on any atom is -0.507 e. The van der Waals surface area contributed by atoms with Crippen LogP contribution in [0.2, 0.25) is 0 Å². The summed E-state index contributed by atoms with van der Waals surface area (Å²) in [5.74, 6) is -3.19. The molecule has 5 nitrogen and oxygen atoms in total. The maximum absolute atomic E-state index is 11.2. The lowest BCUT2D eigenvalue weighted by molar-refractivity contribution is 0.0648. The monoisotopic (exact) mass is 322 g/mol. The molecule has 0 amide bonds. The normalized spacial score (nSPS) is 10.7. The Morgan fingerprint density at radius 3 is 1.96 bits per heavy atom. The highest BCUT2D eigenvalue weighted by atomic mass is 16.4. The van der Waals surface area contributed by atoms with Crippen molar-refractivity contribution in [1.82, 2.24) is 0 Å². The highest BCUT2D eigenvalue weighted by Gasteiger charge is 2.22. The topological polar surface area (TPSA) is 94.8 Å². The number of aromatic carboxylic acids is 2. The molecule has 0 aliphatic rings. The van der Waals surface area contributed by atoms with Gasteiger partial charge in [0.15, 0.2) is 0 Å². The van der Waals surface area contributed by atoms with Gasteiger partial charge in [-0.2, -0.15) is 0 Å². The number of hydrogen-bond acceptors (Lipinski definition) is 3. The standard InChI is InChI=1S/C18H26O5/c1-2-3-4-5-6-7-8-9-10-13-11-12-14(17(20)21)15(16(13)19)18(22)23/h11-12,19H,2-10H2,1H3,(H,20,21)(H,22,23). The second-order valence-corrected chi connectivity index (χ2v) is 5.83. The SMILES string of the molecule is CCCCCCCCCCc1ccc(C(=O)O)c(C(=O)O)c1O. The Kier molecular flexibility index (Phi) is 8.16. The molecule has 0 heterocycles. The second kappa shape index (κ2) is 9.87. The number of rotatable bonds is 11. The number of unbranched alkanes of at least 4 members (excludes halogenated alkanes) is 7. The van der Waals surface area contributed by atoms with E-state index in [2.05, 4.69) is 6.92 Å². The van der Waals surface area contributed by atoms with Crippen molar-refractivity contribution in [3.63, 3.8) is 0 Å². The summed E-state index contributed by atoms with van der Waals surface area (Å²) in [5, 5.41) is 28.1. The average Bonchev–Trinajstić information content (AvgIpc) is 2.50. The molecule has 0 saturated heterocycles. The average molecular weight is 322 g/mol. The first-order chi connectivity index (χ1) is 11.0. The first kappa shape index (κ1) is 19.0. The molecule has 1 aromatic rings. The van der Waals surface area contributed by atoms with Crippen molar-refractivity contribution < 1.29 is 24.9 Å². The third-order valence-electron chi connectivity index (χ3n) is 4.01. The zero-order chi connectivity index (χ0) is 17.2. The number of aryl methyl sites for hydroxylation is 1. The summed E-state index contributed by atoms with van der Waals surface area (Å²) >= 11 is 0. The molecule has 1 aromatic carbocycles. The molecule has 0 spiro atoms. The van der Waals surface area contributed by atoms with Crippen molar-refractivity contribution in [2.75, 3.05) is 0 Å². The van der Waals surface area contributed by atoms with Crippen LogP contribution in [0.5, 0.6) is 5.75 Å². The van der Waals surface area contributed by atoms with Crippen LogP contribution < -0.4 is 0 Å². The summed E-state index contributed by atoms with van der Waals surface area (Å²) in [4.78, 5) is 22.2. The molecule has 0 unspecified atom stereocenters. The molecule has 128 valence electrons. The number of aromatic hydroxyl groups is 1. The summed E-state index contributed by atoms with van der Waals surface area (Å²) < 4.78 is 0. The van der Waals surface area contributed by atoms with E-state index in [1.807, 2.05) is 0 Å². The van der Waals surface area contributed by atoms with Crippen LogP contribution in [0.15, 0.2) is 12.1 Å². The molecule has 0 atom stereocenters. The molecule has 0 radical (unpaired) electrons. The summed E-state index contributed by atoms with van der Waals surface area (Å²) in [5.41, 5.74) is -0.400. The summed E-state index contributed by atoms with van der Waals surface area (Å²) in [6.45, 7) is 2.19. The van der Waals surface area contributed by atoms with Gasteiger partial charge in [0.05, 0.1) is 5.56 Å². The van der Waals surface area contributed by atoms with Gasteiger partial charge >= 0.3 is 11.9 Å². The molecular formula is C18H26O5. The summed E-state index contributed by atoms with van der Waals surface area (Å²) in [6.07, 6.45) is 9.79. The second-order valence-electron chi connectivity index (χ2n) is 5.83. The highest BCUT2D eigenvalue weighted by Crippen LogP contribution is 2.28. The van der Waals surface area contributed by atoms with E-state index >= 15 is 0 Å². The molecule has 23 heavy (non-hydrogen) atoms.